The van der Waals surface area contributed by atoms with Gasteiger partial charge in [-0.05, 0) is 43.5 Å². The van der Waals surface area contributed by atoms with Gasteiger partial charge in [-0.15, -0.1) is 0 Å². The zero-order valence-electron chi connectivity index (χ0n) is 21.2. The van der Waals surface area contributed by atoms with Crippen molar-refractivity contribution in [3.05, 3.63) is 93.3 Å². The maximum Gasteiger partial charge on any atom is 0.266 e. The first-order valence-electron chi connectivity index (χ1n) is 12.2. The van der Waals surface area contributed by atoms with Gasteiger partial charge in [0.1, 0.15) is 29.4 Å². The van der Waals surface area contributed by atoms with Crippen LogP contribution in [0.15, 0.2) is 59.7 Å². The Labute approximate surface area is 217 Å². The summed E-state index contributed by atoms with van der Waals surface area (Å²) >= 11 is 0. The van der Waals surface area contributed by atoms with Crippen molar-refractivity contribution in [1.29, 1.82) is 0 Å². The van der Waals surface area contributed by atoms with Gasteiger partial charge in [-0.2, -0.15) is 0 Å². The number of hydrogen-bond donors (Lipinski definition) is 1. The monoisotopic (exact) mass is 524 g/mol. The van der Waals surface area contributed by atoms with E-state index in [1.165, 1.54) is 23.0 Å². The van der Waals surface area contributed by atoms with Crippen molar-refractivity contribution < 1.29 is 22.6 Å². The van der Waals surface area contributed by atoms with Crippen LogP contribution >= 0.6 is 0 Å². The highest BCUT2D eigenvalue weighted by Gasteiger charge is 2.48. The number of anilines is 1. The molecule has 1 saturated carbocycles. The molecule has 0 spiro atoms. The number of fused-ring (bicyclic) bond motifs is 1. The van der Waals surface area contributed by atoms with E-state index in [0.29, 0.717) is 41.9 Å². The van der Waals surface area contributed by atoms with Crippen molar-refractivity contribution in [3.8, 4) is 5.75 Å². The topological polar surface area (TPSA) is 78.3 Å². The van der Waals surface area contributed by atoms with Crippen molar-refractivity contribution in [2.24, 2.45) is 7.05 Å². The zero-order valence-corrected chi connectivity index (χ0v) is 21.2. The van der Waals surface area contributed by atoms with Crippen molar-refractivity contribution in [3.63, 3.8) is 0 Å². The molecule has 0 aliphatic heterocycles. The first-order valence-corrected chi connectivity index (χ1v) is 12.2. The van der Waals surface area contributed by atoms with Gasteiger partial charge in [0.05, 0.1) is 41.9 Å². The van der Waals surface area contributed by atoms with E-state index in [1.807, 2.05) is 24.3 Å². The van der Waals surface area contributed by atoms with Crippen LogP contribution in [0.3, 0.4) is 0 Å². The fourth-order valence-corrected chi connectivity index (χ4v) is 4.61. The minimum Gasteiger partial charge on any atom is -0.497 e. The van der Waals surface area contributed by atoms with Crippen LogP contribution in [0.2, 0.25) is 0 Å². The lowest BCUT2D eigenvalue weighted by atomic mass is 10.0. The molecule has 2 aromatic heterocycles. The third-order valence-electron chi connectivity index (χ3n) is 6.99. The fraction of sp³-hybridized carbons (Fsp3) is 0.321. The number of pyridine rings is 1. The molecule has 10 heteroatoms. The van der Waals surface area contributed by atoms with Crippen LogP contribution in [0.25, 0.3) is 11.0 Å². The number of halogens is 3. The lowest BCUT2D eigenvalue weighted by molar-refractivity contribution is 0.0161. The molecule has 38 heavy (non-hydrogen) atoms. The number of hydrogen-bond acceptors (Lipinski definition) is 6. The van der Waals surface area contributed by atoms with Crippen LogP contribution in [0.1, 0.15) is 54.5 Å². The maximum atomic E-state index is 14.8. The van der Waals surface area contributed by atoms with Gasteiger partial charge in [0.2, 0.25) is 0 Å². The summed E-state index contributed by atoms with van der Waals surface area (Å²) in [7, 11) is 3.23. The van der Waals surface area contributed by atoms with Crippen molar-refractivity contribution in [2.75, 3.05) is 12.4 Å². The molecule has 2 aromatic carbocycles. The second-order valence-corrected chi connectivity index (χ2v) is 9.43. The van der Waals surface area contributed by atoms with Crippen LogP contribution in [-0.4, -0.2) is 21.6 Å². The summed E-state index contributed by atoms with van der Waals surface area (Å²) in [6, 6.07) is 12.5. The van der Waals surface area contributed by atoms with Crippen molar-refractivity contribution in [1.82, 2.24) is 14.5 Å². The number of benzene rings is 2. The van der Waals surface area contributed by atoms with E-state index in [-0.39, 0.29) is 11.1 Å². The zero-order chi connectivity index (χ0) is 27.0. The quantitative estimate of drug-likeness (QED) is 0.299. The Hall–Kier alpha value is -3.92. The van der Waals surface area contributed by atoms with Crippen LogP contribution < -0.4 is 15.6 Å². The van der Waals surface area contributed by atoms with E-state index in [9.17, 15) is 18.0 Å². The lowest BCUT2D eigenvalue weighted by Gasteiger charge is -2.21. The summed E-state index contributed by atoms with van der Waals surface area (Å²) in [5.74, 6) is 0.137. The number of ether oxygens (including phenoxy) is 2. The van der Waals surface area contributed by atoms with Gasteiger partial charge in [-0.3, -0.25) is 9.36 Å². The van der Waals surface area contributed by atoms with E-state index in [4.69, 9.17) is 9.47 Å². The maximum absolute atomic E-state index is 14.8. The highest BCUT2D eigenvalue weighted by molar-refractivity contribution is 5.87. The second-order valence-electron chi connectivity index (χ2n) is 9.43. The van der Waals surface area contributed by atoms with Gasteiger partial charge in [0.15, 0.2) is 0 Å². The van der Waals surface area contributed by atoms with E-state index in [2.05, 4.69) is 15.3 Å². The Morgan fingerprint density at radius 3 is 2.47 bits per heavy atom. The van der Waals surface area contributed by atoms with E-state index >= 15 is 0 Å². The number of rotatable bonds is 9. The normalized spacial score (nSPS) is 15.0. The third-order valence-corrected chi connectivity index (χ3v) is 6.99. The fourth-order valence-electron chi connectivity index (χ4n) is 4.61. The molecular formula is C28H27F3N4O3. The van der Waals surface area contributed by atoms with Crippen LogP contribution in [-0.2, 0) is 24.0 Å². The van der Waals surface area contributed by atoms with Crippen LogP contribution in [0.5, 0.6) is 5.75 Å². The SMILES string of the molecule is COc1ccc(COC2(c3cc4c(N[C@H](C)c5cccc(C(F)F)c5F)ncnc4n(C)c3=O)CC2)cc1. The number of methoxy groups -OCH3 is 1. The largest absolute Gasteiger partial charge is 0.497 e. The molecule has 1 aliphatic rings. The molecule has 0 radical (unpaired) electrons. The lowest BCUT2D eigenvalue weighted by Crippen LogP contribution is -2.29. The molecule has 7 nitrogen and oxygen atoms in total. The van der Waals surface area contributed by atoms with Gasteiger partial charge in [-0.1, -0.05) is 30.3 Å². The van der Waals surface area contributed by atoms with Crippen LogP contribution in [0.4, 0.5) is 19.0 Å². The Morgan fingerprint density at radius 1 is 1.11 bits per heavy atom. The first-order chi connectivity index (χ1) is 18.2. The Morgan fingerprint density at radius 2 is 1.82 bits per heavy atom. The number of nitrogens with one attached hydrogen (secondary N) is 1. The van der Waals surface area contributed by atoms with Gasteiger partial charge in [-0.25, -0.2) is 23.1 Å². The summed E-state index contributed by atoms with van der Waals surface area (Å²) in [4.78, 5) is 21.9. The van der Waals surface area contributed by atoms with E-state index < -0.39 is 29.4 Å². The van der Waals surface area contributed by atoms with Gasteiger partial charge in [0, 0.05) is 12.6 Å². The average Bonchev–Trinajstić information content (AvgIpc) is 3.71. The molecule has 0 bridgehead atoms. The molecule has 0 unspecified atom stereocenters. The molecule has 1 aliphatic carbocycles. The Kier molecular flexibility index (Phi) is 6.83. The van der Waals surface area contributed by atoms with Gasteiger partial charge in [0.25, 0.3) is 12.0 Å². The van der Waals surface area contributed by atoms with E-state index in [1.54, 1.807) is 27.1 Å². The first kappa shape index (κ1) is 25.7. The summed E-state index contributed by atoms with van der Waals surface area (Å²) in [6.07, 6.45) is -0.257. The molecular weight excluding hydrogens is 497 g/mol. The van der Waals surface area contributed by atoms with Gasteiger partial charge >= 0.3 is 0 Å². The Bertz CT molecular complexity index is 1540. The number of aryl methyl sites for hydroxylation is 1. The number of alkyl halides is 2. The number of nitrogens with zero attached hydrogens (tertiary/aromatic N) is 3. The summed E-state index contributed by atoms with van der Waals surface area (Å²) in [6.45, 7) is 1.98. The summed E-state index contributed by atoms with van der Waals surface area (Å²) < 4.78 is 54.1. The molecule has 2 heterocycles. The minimum absolute atomic E-state index is 0.0843. The van der Waals surface area contributed by atoms with Crippen LogP contribution in [0, 0.1) is 5.82 Å². The molecule has 0 amide bonds. The number of aromatic nitrogens is 3. The van der Waals surface area contributed by atoms with Gasteiger partial charge < -0.3 is 14.8 Å². The molecule has 1 atom stereocenters. The third kappa shape index (κ3) is 4.71. The predicted molar refractivity (Wildman–Crippen MR) is 137 cm³/mol. The summed E-state index contributed by atoms with van der Waals surface area (Å²) in [5.41, 5.74) is 0.285. The van der Waals surface area contributed by atoms with E-state index in [0.717, 1.165) is 17.4 Å². The predicted octanol–water partition coefficient (Wildman–Crippen LogP) is 5.79. The molecule has 5 rings (SSSR count). The molecule has 198 valence electrons. The standard InChI is InChI=1S/C28H27F3N4O3/c1-16(19-5-4-6-20(23(19)29)24(30)31)34-25-21-13-22(27(36)35(2)26(21)33-15-32-25)28(11-12-28)38-14-17-7-9-18(37-3)10-8-17/h4-10,13,15-16,24H,11-12,14H2,1-3H3,(H,32,33,34)/t16-/m1/s1. The highest BCUT2D eigenvalue weighted by Crippen LogP contribution is 2.49. The van der Waals surface area contributed by atoms with Crippen molar-refractivity contribution in [2.45, 2.75) is 44.4 Å². The Balaban J connectivity index is 1.47. The molecule has 1 fully saturated rings. The van der Waals surface area contributed by atoms with Crippen molar-refractivity contribution >= 4 is 16.9 Å². The highest BCUT2D eigenvalue weighted by atomic mass is 19.3. The molecule has 4 aromatic rings. The summed E-state index contributed by atoms with van der Waals surface area (Å²) in [5, 5.41) is 3.66. The minimum atomic E-state index is -2.92. The molecule has 0 saturated heterocycles. The molecule has 1 N–H and O–H groups in total. The average molecular weight is 525 g/mol. The smallest absolute Gasteiger partial charge is 0.266 e. The second kappa shape index (κ2) is 10.1.